The Hall–Kier alpha value is -2.15. The van der Waals surface area contributed by atoms with Crippen LogP contribution in [-0.4, -0.2) is 52.8 Å². The van der Waals surface area contributed by atoms with Gasteiger partial charge in [-0.3, -0.25) is 9.78 Å². The first kappa shape index (κ1) is 14.3. The Kier molecular flexibility index (Phi) is 4.52. The minimum absolute atomic E-state index is 0.126. The smallest absolute Gasteiger partial charge is 0.322 e. The van der Waals surface area contributed by atoms with Gasteiger partial charge in [-0.25, -0.2) is 4.79 Å². The molecule has 108 valence electrons. The fourth-order valence-corrected chi connectivity index (χ4v) is 2.11. The van der Waals surface area contributed by atoms with Crippen molar-refractivity contribution in [2.75, 3.05) is 25.1 Å². The molecule has 1 unspecified atom stereocenters. The summed E-state index contributed by atoms with van der Waals surface area (Å²) in [6, 6.07) is 1.03. The fraction of sp³-hybridized carbons (Fsp3) is 0.462. The number of aryl methyl sites for hydroxylation is 1. The van der Waals surface area contributed by atoms with Gasteiger partial charge < -0.3 is 20.1 Å². The van der Waals surface area contributed by atoms with E-state index in [2.05, 4.69) is 10.3 Å². The summed E-state index contributed by atoms with van der Waals surface area (Å²) in [4.78, 5) is 28.5. The number of ether oxygens (including phenoxy) is 1. The summed E-state index contributed by atoms with van der Waals surface area (Å²) < 4.78 is 5.24. The Morgan fingerprint density at radius 1 is 1.55 bits per heavy atom. The summed E-state index contributed by atoms with van der Waals surface area (Å²) in [5.41, 5.74) is 1.53. The van der Waals surface area contributed by atoms with E-state index >= 15 is 0 Å². The van der Waals surface area contributed by atoms with Crippen LogP contribution < -0.4 is 5.32 Å². The molecule has 7 nitrogen and oxygen atoms in total. The first-order valence-corrected chi connectivity index (χ1v) is 6.35. The van der Waals surface area contributed by atoms with Crippen LogP contribution in [0.5, 0.6) is 0 Å². The predicted molar refractivity (Wildman–Crippen MR) is 71.6 cm³/mol. The second-order valence-corrected chi connectivity index (χ2v) is 4.70. The Labute approximate surface area is 116 Å². The van der Waals surface area contributed by atoms with Gasteiger partial charge in [-0.1, -0.05) is 0 Å². The normalized spacial score (nSPS) is 18.6. The average molecular weight is 279 g/mol. The highest BCUT2D eigenvalue weighted by Crippen LogP contribution is 2.14. The third-order valence-corrected chi connectivity index (χ3v) is 3.02. The van der Waals surface area contributed by atoms with Crippen molar-refractivity contribution >= 4 is 17.7 Å². The van der Waals surface area contributed by atoms with Crippen LogP contribution in [0.2, 0.25) is 0 Å². The van der Waals surface area contributed by atoms with Crippen LogP contribution in [0, 0.1) is 6.92 Å². The van der Waals surface area contributed by atoms with Gasteiger partial charge in [0.2, 0.25) is 0 Å². The summed E-state index contributed by atoms with van der Waals surface area (Å²) in [6.07, 6.45) is 3.12. The number of nitrogens with one attached hydrogen (secondary N) is 1. The zero-order chi connectivity index (χ0) is 14.5. The van der Waals surface area contributed by atoms with Crippen LogP contribution in [0.4, 0.5) is 10.5 Å². The number of carboxylic acids is 1. The standard InChI is InChI=1S/C13H17N3O4/c1-9-4-10(7-14-6-9)15-13(19)16-2-3-20-8-11(16)5-12(17)18/h4,6-7,11H,2-3,5,8H2,1H3,(H,15,19)(H,17,18). The van der Waals surface area contributed by atoms with Crippen LogP contribution in [0.15, 0.2) is 18.5 Å². The van der Waals surface area contributed by atoms with Crippen LogP contribution in [0.25, 0.3) is 0 Å². The quantitative estimate of drug-likeness (QED) is 0.864. The number of anilines is 1. The number of urea groups is 1. The molecule has 0 saturated carbocycles. The van der Waals surface area contributed by atoms with E-state index in [1.165, 1.54) is 4.90 Å². The highest BCUT2D eigenvalue weighted by atomic mass is 16.5. The Balaban J connectivity index is 2.04. The third-order valence-electron chi connectivity index (χ3n) is 3.02. The molecule has 1 atom stereocenters. The van der Waals surface area contributed by atoms with Crippen molar-refractivity contribution in [3.63, 3.8) is 0 Å². The van der Waals surface area contributed by atoms with Crippen molar-refractivity contribution in [3.8, 4) is 0 Å². The number of nitrogens with zero attached hydrogens (tertiary/aromatic N) is 2. The zero-order valence-electron chi connectivity index (χ0n) is 11.2. The maximum absolute atomic E-state index is 12.2. The van der Waals surface area contributed by atoms with Gasteiger partial charge in [0.1, 0.15) is 0 Å². The molecule has 0 aliphatic carbocycles. The number of hydrogen-bond acceptors (Lipinski definition) is 4. The fourth-order valence-electron chi connectivity index (χ4n) is 2.11. The lowest BCUT2D eigenvalue weighted by molar-refractivity contribution is -0.139. The lowest BCUT2D eigenvalue weighted by atomic mass is 10.1. The van der Waals surface area contributed by atoms with Crippen LogP contribution in [-0.2, 0) is 9.53 Å². The van der Waals surface area contributed by atoms with Gasteiger partial charge in [0.25, 0.3) is 0 Å². The SMILES string of the molecule is Cc1cncc(NC(=O)N2CCOCC2CC(=O)O)c1. The number of aromatic nitrogens is 1. The van der Waals surface area contributed by atoms with E-state index in [-0.39, 0.29) is 19.1 Å². The molecular formula is C13H17N3O4. The number of hydrogen-bond donors (Lipinski definition) is 2. The monoisotopic (exact) mass is 279 g/mol. The van der Waals surface area contributed by atoms with Crippen molar-refractivity contribution < 1.29 is 19.4 Å². The molecule has 2 rings (SSSR count). The molecule has 0 bridgehead atoms. The minimum atomic E-state index is -0.949. The van der Waals surface area contributed by atoms with Crippen molar-refractivity contribution in [2.45, 2.75) is 19.4 Å². The number of rotatable bonds is 3. The molecule has 2 N–H and O–H groups in total. The van der Waals surface area contributed by atoms with E-state index in [1.807, 2.05) is 6.92 Å². The summed E-state index contributed by atoms with van der Waals surface area (Å²) in [6.45, 7) is 2.91. The van der Waals surface area contributed by atoms with Crippen molar-refractivity contribution in [2.24, 2.45) is 0 Å². The average Bonchev–Trinajstić information content (AvgIpc) is 2.38. The predicted octanol–water partition coefficient (Wildman–Crippen LogP) is 1.10. The summed E-state index contributed by atoms with van der Waals surface area (Å²) in [7, 11) is 0. The molecule has 2 amide bonds. The van der Waals surface area contributed by atoms with Gasteiger partial charge in [0.05, 0.1) is 37.6 Å². The molecular weight excluding hydrogens is 262 g/mol. The number of carbonyl (C=O) groups is 2. The largest absolute Gasteiger partial charge is 0.481 e. The number of pyridine rings is 1. The van der Waals surface area contributed by atoms with Gasteiger partial charge in [-0.05, 0) is 18.6 Å². The van der Waals surface area contributed by atoms with E-state index in [9.17, 15) is 9.59 Å². The molecule has 1 aliphatic rings. The van der Waals surface area contributed by atoms with Gasteiger partial charge in [0, 0.05) is 12.7 Å². The van der Waals surface area contributed by atoms with Crippen LogP contribution in [0.3, 0.4) is 0 Å². The highest BCUT2D eigenvalue weighted by Gasteiger charge is 2.29. The summed E-state index contributed by atoms with van der Waals surface area (Å²) >= 11 is 0. The molecule has 0 aromatic carbocycles. The van der Waals surface area contributed by atoms with Gasteiger partial charge >= 0.3 is 12.0 Å². The third kappa shape index (κ3) is 3.67. The first-order valence-electron chi connectivity index (χ1n) is 6.35. The zero-order valence-corrected chi connectivity index (χ0v) is 11.2. The summed E-state index contributed by atoms with van der Waals surface area (Å²) in [5.74, 6) is -0.949. The minimum Gasteiger partial charge on any atom is -0.481 e. The maximum atomic E-state index is 12.2. The highest BCUT2D eigenvalue weighted by molar-refractivity contribution is 5.89. The lowest BCUT2D eigenvalue weighted by Gasteiger charge is -2.34. The summed E-state index contributed by atoms with van der Waals surface area (Å²) in [5, 5.41) is 11.6. The van der Waals surface area contributed by atoms with E-state index in [0.29, 0.717) is 18.8 Å². The number of morpholine rings is 1. The number of amides is 2. The van der Waals surface area contributed by atoms with E-state index in [1.54, 1.807) is 18.5 Å². The molecule has 0 spiro atoms. The van der Waals surface area contributed by atoms with Crippen molar-refractivity contribution in [1.29, 1.82) is 0 Å². The molecule has 20 heavy (non-hydrogen) atoms. The number of aliphatic carboxylic acids is 1. The molecule has 1 aliphatic heterocycles. The lowest BCUT2D eigenvalue weighted by Crippen LogP contribution is -2.51. The van der Waals surface area contributed by atoms with Gasteiger partial charge in [-0.2, -0.15) is 0 Å². The van der Waals surface area contributed by atoms with Crippen LogP contribution >= 0.6 is 0 Å². The Morgan fingerprint density at radius 3 is 3.05 bits per heavy atom. The molecule has 1 fully saturated rings. The van der Waals surface area contributed by atoms with E-state index < -0.39 is 12.0 Å². The topological polar surface area (TPSA) is 91.8 Å². The molecule has 1 aromatic heterocycles. The van der Waals surface area contributed by atoms with E-state index in [4.69, 9.17) is 9.84 Å². The molecule has 2 heterocycles. The molecule has 0 radical (unpaired) electrons. The van der Waals surface area contributed by atoms with Crippen LogP contribution in [0.1, 0.15) is 12.0 Å². The van der Waals surface area contributed by atoms with Crippen molar-refractivity contribution in [1.82, 2.24) is 9.88 Å². The molecule has 1 saturated heterocycles. The number of carbonyl (C=O) groups excluding carboxylic acids is 1. The Bertz CT molecular complexity index is 506. The van der Waals surface area contributed by atoms with Crippen molar-refractivity contribution in [3.05, 3.63) is 24.0 Å². The number of carboxylic acid groups (broad SMARTS) is 1. The first-order chi connectivity index (χ1) is 9.56. The second kappa shape index (κ2) is 6.33. The molecule has 1 aromatic rings. The van der Waals surface area contributed by atoms with Gasteiger partial charge in [0.15, 0.2) is 0 Å². The molecule has 7 heteroatoms. The van der Waals surface area contributed by atoms with E-state index in [0.717, 1.165) is 5.56 Å². The van der Waals surface area contributed by atoms with Gasteiger partial charge in [-0.15, -0.1) is 0 Å². The maximum Gasteiger partial charge on any atom is 0.322 e. The Morgan fingerprint density at radius 2 is 2.35 bits per heavy atom. The second-order valence-electron chi connectivity index (χ2n) is 4.70.